The number of benzene rings is 1. The van der Waals surface area contributed by atoms with Crippen LogP contribution in [0.2, 0.25) is 0 Å². The lowest BCUT2D eigenvalue weighted by Crippen LogP contribution is -2.47. The van der Waals surface area contributed by atoms with Gasteiger partial charge in [0.2, 0.25) is 0 Å². The Balaban J connectivity index is 2.34. The first-order valence-electron chi connectivity index (χ1n) is 6.21. The molecule has 1 heterocycles. The second kappa shape index (κ2) is 5.51. The van der Waals surface area contributed by atoms with Crippen LogP contribution in [0.15, 0.2) is 29.2 Å². The molecule has 0 saturated carbocycles. The molecular formula is C14H17NO2S2. The van der Waals surface area contributed by atoms with Gasteiger partial charge in [0.1, 0.15) is 6.54 Å². The van der Waals surface area contributed by atoms with Crippen LogP contribution >= 0.6 is 24.0 Å². The molecule has 1 aliphatic rings. The van der Waals surface area contributed by atoms with Crippen LogP contribution in [0.3, 0.4) is 0 Å². The minimum atomic E-state index is -0.248. The van der Waals surface area contributed by atoms with Gasteiger partial charge in [0.15, 0.2) is 0 Å². The molecule has 0 bridgehead atoms. The zero-order chi connectivity index (χ0) is 14.0. The molecule has 0 atom stereocenters. The average molecular weight is 295 g/mol. The fourth-order valence-corrected chi connectivity index (χ4v) is 3.48. The van der Waals surface area contributed by atoms with E-state index in [2.05, 4.69) is 19.9 Å². The van der Waals surface area contributed by atoms with Crippen molar-refractivity contribution in [1.82, 2.24) is 0 Å². The van der Waals surface area contributed by atoms with Gasteiger partial charge in [-0.2, -0.15) is 0 Å². The predicted octanol–water partition coefficient (Wildman–Crippen LogP) is 3.27. The van der Waals surface area contributed by atoms with E-state index >= 15 is 0 Å². The van der Waals surface area contributed by atoms with Gasteiger partial charge >= 0.3 is 5.97 Å². The van der Waals surface area contributed by atoms with Gasteiger partial charge in [0, 0.05) is 4.90 Å². The molecule has 102 valence electrons. The Kier molecular flexibility index (Phi) is 4.16. The first-order valence-corrected chi connectivity index (χ1v) is 7.44. The van der Waals surface area contributed by atoms with E-state index in [4.69, 9.17) is 17.0 Å². The number of esters is 1. The molecule has 5 heteroatoms. The fraction of sp³-hybridized carbons (Fsp3) is 0.429. The minimum Gasteiger partial charge on any atom is -0.465 e. The number of para-hydroxylation sites is 1. The summed E-state index contributed by atoms with van der Waals surface area (Å²) in [5, 5.41) is 0. The number of ether oxygens (including phenoxy) is 1. The largest absolute Gasteiger partial charge is 0.465 e. The van der Waals surface area contributed by atoms with Crippen LogP contribution in [0.5, 0.6) is 0 Å². The first kappa shape index (κ1) is 14.3. The number of thiocarbonyl (C=S) groups is 1. The Hall–Kier alpha value is -1.07. The number of anilines is 1. The van der Waals surface area contributed by atoms with Crippen molar-refractivity contribution in [2.24, 2.45) is 0 Å². The third kappa shape index (κ3) is 2.92. The molecule has 19 heavy (non-hydrogen) atoms. The molecule has 0 aromatic heterocycles. The lowest BCUT2D eigenvalue weighted by atomic mass is 10.1. The van der Waals surface area contributed by atoms with Crippen molar-refractivity contribution in [2.45, 2.75) is 30.4 Å². The fourth-order valence-electron chi connectivity index (χ4n) is 2.01. The maximum atomic E-state index is 11.7. The predicted molar refractivity (Wildman–Crippen MR) is 83.0 cm³/mol. The van der Waals surface area contributed by atoms with E-state index in [-0.39, 0.29) is 17.3 Å². The highest BCUT2D eigenvalue weighted by molar-refractivity contribution is 8.03. The molecule has 0 radical (unpaired) electrons. The number of fused-ring (bicyclic) bond motifs is 1. The molecule has 0 N–H and O–H groups in total. The smallest absolute Gasteiger partial charge is 0.325 e. The second-order valence-electron chi connectivity index (χ2n) is 4.78. The molecule has 0 fully saturated rings. The van der Waals surface area contributed by atoms with Crippen LogP contribution in [0.25, 0.3) is 0 Å². The number of hydrogen-bond donors (Lipinski definition) is 0. The monoisotopic (exact) mass is 295 g/mol. The highest BCUT2D eigenvalue weighted by Crippen LogP contribution is 2.45. The van der Waals surface area contributed by atoms with E-state index in [1.54, 1.807) is 18.7 Å². The summed E-state index contributed by atoms with van der Waals surface area (Å²) in [5.41, 5.74) is 0.991. The molecule has 1 aliphatic heterocycles. The third-order valence-corrected chi connectivity index (χ3v) is 5.00. The maximum Gasteiger partial charge on any atom is 0.325 e. The van der Waals surface area contributed by atoms with Crippen LogP contribution in [-0.4, -0.2) is 28.9 Å². The molecule has 2 rings (SSSR count). The molecule has 1 aromatic carbocycles. The van der Waals surface area contributed by atoms with Crippen molar-refractivity contribution < 1.29 is 9.53 Å². The van der Waals surface area contributed by atoms with E-state index in [9.17, 15) is 4.79 Å². The number of carbonyl (C=O) groups is 1. The van der Waals surface area contributed by atoms with E-state index in [0.29, 0.717) is 6.61 Å². The van der Waals surface area contributed by atoms with Crippen molar-refractivity contribution in [3.8, 4) is 0 Å². The molecule has 0 amide bonds. The summed E-state index contributed by atoms with van der Waals surface area (Å²) in [7, 11) is 0. The van der Waals surface area contributed by atoms with E-state index in [1.807, 2.05) is 23.1 Å². The van der Waals surface area contributed by atoms with Crippen LogP contribution in [0.1, 0.15) is 20.8 Å². The summed E-state index contributed by atoms with van der Waals surface area (Å²) in [6.45, 7) is 6.52. The number of nitrogens with zero attached hydrogens (tertiary/aromatic N) is 1. The maximum absolute atomic E-state index is 11.7. The topological polar surface area (TPSA) is 29.5 Å². The molecule has 0 spiro atoms. The second-order valence-corrected chi connectivity index (χ2v) is 6.83. The highest BCUT2D eigenvalue weighted by atomic mass is 32.2. The molecule has 0 aliphatic carbocycles. The van der Waals surface area contributed by atoms with Crippen LogP contribution in [-0.2, 0) is 9.53 Å². The van der Waals surface area contributed by atoms with Crippen LogP contribution in [0, 0.1) is 0 Å². The van der Waals surface area contributed by atoms with Gasteiger partial charge in [-0.1, -0.05) is 24.4 Å². The molecule has 0 saturated heterocycles. The van der Waals surface area contributed by atoms with Gasteiger partial charge in [-0.05, 0) is 32.9 Å². The van der Waals surface area contributed by atoms with Gasteiger partial charge in [0.05, 0.1) is 22.0 Å². The normalized spacial score (nSPS) is 17.0. The van der Waals surface area contributed by atoms with Crippen molar-refractivity contribution in [3.05, 3.63) is 24.3 Å². The standard InChI is InChI=1S/C14H17NO2S2/c1-4-17-12(16)9-15-10-7-5-6-8-11(10)19-14(2,3)13(15)18/h5-8H,4,9H2,1-3H3. The van der Waals surface area contributed by atoms with E-state index < -0.39 is 0 Å². The number of hydrogen-bond acceptors (Lipinski definition) is 4. The summed E-state index contributed by atoms with van der Waals surface area (Å²) >= 11 is 7.27. The number of thioether (sulfide) groups is 1. The van der Waals surface area contributed by atoms with Gasteiger partial charge in [-0.3, -0.25) is 4.79 Å². The third-order valence-electron chi connectivity index (χ3n) is 2.87. The van der Waals surface area contributed by atoms with Crippen LogP contribution < -0.4 is 4.90 Å². The molecule has 3 nitrogen and oxygen atoms in total. The summed E-state index contributed by atoms with van der Waals surface area (Å²) in [5.74, 6) is -0.248. The van der Waals surface area contributed by atoms with Gasteiger partial charge in [-0.25, -0.2) is 0 Å². The summed E-state index contributed by atoms with van der Waals surface area (Å²) in [6, 6.07) is 8.00. The zero-order valence-electron chi connectivity index (χ0n) is 11.3. The first-order chi connectivity index (χ1) is 8.95. The van der Waals surface area contributed by atoms with Gasteiger partial charge in [-0.15, -0.1) is 11.8 Å². The number of rotatable bonds is 3. The van der Waals surface area contributed by atoms with E-state index in [1.165, 1.54) is 0 Å². The molecular weight excluding hydrogens is 278 g/mol. The lowest BCUT2D eigenvalue weighted by molar-refractivity contribution is -0.141. The molecule has 1 aromatic rings. The lowest BCUT2D eigenvalue weighted by Gasteiger charge is -2.40. The molecule has 0 unspecified atom stereocenters. The van der Waals surface area contributed by atoms with Gasteiger partial charge < -0.3 is 9.64 Å². The Morgan fingerprint density at radius 1 is 1.42 bits per heavy atom. The van der Waals surface area contributed by atoms with Crippen molar-refractivity contribution in [1.29, 1.82) is 0 Å². The zero-order valence-corrected chi connectivity index (χ0v) is 12.9. The van der Waals surface area contributed by atoms with E-state index in [0.717, 1.165) is 15.6 Å². The van der Waals surface area contributed by atoms with Gasteiger partial charge in [0.25, 0.3) is 0 Å². The Morgan fingerprint density at radius 2 is 2.11 bits per heavy atom. The quantitative estimate of drug-likeness (QED) is 0.631. The van der Waals surface area contributed by atoms with Crippen molar-refractivity contribution in [3.63, 3.8) is 0 Å². The van der Waals surface area contributed by atoms with Crippen molar-refractivity contribution in [2.75, 3.05) is 18.1 Å². The average Bonchev–Trinajstić information content (AvgIpc) is 2.35. The van der Waals surface area contributed by atoms with Crippen molar-refractivity contribution >= 4 is 40.6 Å². The minimum absolute atomic E-state index is 0.174. The summed E-state index contributed by atoms with van der Waals surface area (Å²) < 4.78 is 4.83. The Labute approximate surface area is 123 Å². The summed E-state index contributed by atoms with van der Waals surface area (Å²) in [6.07, 6.45) is 0. The Bertz CT molecular complexity index is 514. The Morgan fingerprint density at radius 3 is 2.79 bits per heavy atom. The SMILES string of the molecule is CCOC(=O)CN1C(=S)C(C)(C)Sc2ccccc21. The van der Waals surface area contributed by atoms with Crippen LogP contribution in [0.4, 0.5) is 5.69 Å². The summed E-state index contributed by atoms with van der Waals surface area (Å²) in [4.78, 5) is 15.5. The number of carbonyl (C=O) groups excluding carboxylic acids is 1. The highest BCUT2D eigenvalue weighted by Gasteiger charge is 2.37.